The number of nitrogens with one attached hydrogen (secondary N) is 1. The Kier molecular flexibility index (Phi) is 5.71. The summed E-state index contributed by atoms with van der Waals surface area (Å²) < 4.78 is 0. The first-order valence-electron chi connectivity index (χ1n) is 5.75. The fraction of sp³-hybridized carbons (Fsp3) is 0.417. The molecule has 0 spiro atoms. The molecule has 0 saturated carbocycles. The van der Waals surface area contributed by atoms with E-state index < -0.39 is 5.54 Å². The third-order valence-corrected chi connectivity index (χ3v) is 2.91. The van der Waals surface area contributed by atoms with Gasteiger partial charge in [-0.15, -0.1) is 0 Å². The van der Waals surface area contributed by atoms with Gasteiger partial charge in [-0.2, -0.15) is 0 Å². The highest BCUT2D eigenvalue weighted by Gasteiger charge is 2.26. The van der Waals surface area contributed by atoms with Crippen LogP contribution >= 0.6 is 0 Å². The summed E-state index contributed by atoms with van der Waals surface area (Å²) in [6.45, 7) is -0.853. The van der Waals surface area contributed by atoms with E-state index in [2.05, 4.69) is 10.5 Å². The summed E-state index contributed by atoms with van der Waals surface area (Å²) in [5, 5.41) is 41.9. The maximum Gasteiger partial charge on any atom is 0.170 e. The zero-order valence-corrected chi connectivity index (χ0v) is 10.5. The lowest BCUT2D eigenvalue weighted by atomic mass is 10.0. The van der Waals surface area contributed by atoms with Gasteiger partial charge in [-0.3, -0.25) is 0 Å². The molecule has 19 heavy (non-hydrogen) atoms. The molecule has 0 heterocycles. The summed E-state index contributed by atoms with van der Waals surface area (Å²) in [5.41, 5.74) is 5.72. The number of aliphatic hydroxyl groups excluding tert-OH is 3. The molecule has 0 radical (unpaired) electrons. The van der Waals surface area contributed by atoms with Crippen molar-refractivity contribution in [2.45, 2.75) is 12.1 Å². The fourth-order valence-corrected chi connectivity index (χ4v) is 1.51. The summed E-state index contributed by atoms with van der Waals surface area (Å²) in [7, 11) is 0. The normalized spacial score (nSPS) is 12.7. The van der Waals surface area contributed by atoms with Crippen LogP contribution in [0, 0.1) is 0 Å². The molecular weight excluding hydrogens is 250 g/mol. The molecule has 0 bridgehead atoms. The molecule has 0 aromatic heterocycles. The van der Waals surface area contributed by atoms with Crippen LogP contribution in [0.1, 0.15) is 11.1 Å². The van der Waals surface area contributed by atoms with Gasteiger partial charge in [0.05, 0.1) is 25.4 Å². The number of amidine groups is 1. The summed E-state index contributed by atoms with van der Waals surface area (Å²) in [4.78, 5) is 0. The van der Waals surface area contributed by atoms with Gasteiger partial charge in [0.25, 0.3) is 0 Å². The molecule has 7 heteroatoms. The van der Waals surface area contributed by atoms with E-state index in [0.29, 0.717) is 12.1 Å². The predicted molar refractivity (Wildman–Crippen MR) is 69.8 cm³/mol. The minimum absolute atomic E-state index is 0.000382. The van der Waals surface area contributed by atoms with Crippen molar-refractivity contribution in [1.29, 1.82) is 0 Å². The van der Waals surface area contributed by atoms with E-state index in [1.54, 1.807) is 24.3 Å². The lowest BCUT2D eigenvalue weighted by molar-refractivity contribution is 0.0414. The van der Waals surface area contributed by atoms with Crippen LogP contribution in [0.4, 0.5) is 0 Å². The van der Waals surface area contributed by atoms with Crippen molar-refractivity contribution in [3.63, 3.8) is 0 Å². The Morgan fingerprint density at radius 1 is 1.21 bits per heavy atom. The molecule has 7 nitrogen and oxygen atoms in total. The highest BCUT2D eigenvalue weighted by Crippen LogP contribution is 2.08. The molecule has 1 aromatic rings. The van der Waals surface area contributed by atoms with Gasteiger partial charge in [0.15, 0.2) is 5.84 Å². The van der Waals surface area contributed by atoms with Crippen LogP contribution in [0.3, 0.4) is 0 Å². The van der Waals surface area contributed by atoms with Gasteiger partial charge in [-0.25, -0.2) is 0 Å². The van der Waals surface area contributed by atoms with E-state index in [9.17, 15) is 15.3 Å². The topological polar surface area (TPSA) is 131 Å². The second-order valence-electron chi connectivity index (χ2n) is 4.29. The van der Waals surface area contributed by atoms with E-state index in [0.717, 1.165) is 5.56 Å². The minimum atomic E-state index is -1.13. The van der Waals surface area contributed by atoms with Crippen molar-refractivity contribution < 1.29 is 20.5 Å². The Morgan fingerprint density at radius 3 is 2.37 bits per heavy atom. The van der Waals surface area contributed by atoms with E-state index in [-0.39, 0.29) is 25.7 Å². The lowest BCUT2D eigenvalue weighted by Gasteiger charge is -2.28. The first-order chi connectivity index (χ1) is 9.10. The average Bonchev–Trinajstić information content (AvgIpc) is 2.48. The van der Waals surface area contributed by atoms with Crippen LogP contribution in [0.25, 0.3) is 0 Å². The average molecular weight is 269 g/mol. The number of oxime groups is 1. The number of hydrogen-bond acceptors (Lipinski definition) is 6. The summed E-state index contributed by atoms with van der Waals surface area (Å²) in [6, 6.07) is 6.94. The van der Waals surface area contributed by atoms with Crippen molar-refractivity contribution in [2.24, 2.45) is 10.9 Å². The van der Waals surface area contributed by atoms with Crippen LogP contribution in [-0.2, 0) is 6.54 Å². The zero-order valence-electron chi connectivity index (χ0n) is 10.5. The number of benzene rings is 1. The maximum absolute atomic E-state index is 9.18. The number of rotatable bonds is 7. The molecule has 0 unspecified atom stereocenters. The number of hydrogen-bond donors (Lipinski definition) is 6. The minimum Gasteiger partial charge on any atom is -0.409 e. The SMILES string of the molecule is N/C(=N/O)c1cccc(CNC(CO)(CO)CO)c1. The van der Waals surface area contributed by atoms with Gasteiger partial charge in [-0.1, -0.05) is 23.4 Å². The molecule has 0 fully saturated rings. The van der Waals surface area contributed by atoms with Crippen molar-refractivity contribution in [3.8, 4) is 0 Å². The lowest BCUT2D eigenvalue weighted by Crippen LogP contribution is -2.54. The molecule has 0 aliphatic carbocycles. The Labute approximate surface area is 111 Å². The monoisotopic (exact) mass is 269 g/mol. The Hall–Kier alpha value is -1.67. The van der Waals surface area contributed by atoms with Crippen molar-refractivity contribution in [2.75, 3.05) is 19.8 Å². The standard InChI is InChI=1S/C12H19N3O4/c13-11(15-19)10-3-1-2-9(4-10)5-14-12(6-16,7-17)8-18/h1-4,14,16-19H,5-8H2,(H2,13,15). The summed E-state index contributed by atoms with van der Waals surface area (Å²) in [5.74, 6) is -0.000382. The van der Waals surface area contributed by atoms with Crippen molar-refractivity contribution >= 4 is 5.84 Å². The van der Waals surface area contributed by atoms with Gasteiger partial charge in [0.2, 0.25) is 0 Å². The molecule has 0 amide bonds. The van der Waals surface area contributed by atoms with Gasteiger partial charge in [0, 0.05) is 12.1 Å². The van der Waals surface area contributed by atoms with E-state index in [1.165, 1.54) is 0 Å². The van der Waals surface area contributed by atoms with Crippen LogP contribution < -0.4 is 11.1 Å². The molecule has 0 atom stereocenters. The largest absolute Gasteiger partial charge is 0.409 e. The summed E-state index contributed by atoms with van der Waals surface area (Å²) in [6.07, 6.45) is 0. The van der Waals surface area contributed by atoms with Gasteiger partial charge >= 0.3 is 0 Å². The first kappa shape index (κ1) is 15.4. The third kappa shape index (κ3) is 3.90. The molecule has 7 N–H and O–H groups in total. The highest BCUT2D eigenvalue weighted by molar-refractivity contribution is 5.97. The molecule has 0 aliphatic heterocycles. The molecule has 0 saturated heterocycles. The van der Waals surface area contributed by atoms with Crippen LogP contribution in [0.5, 0.6) is 0 Å². The predicted octanol–water partition coefficient (Wildman–Crippen LogP) is -1.41. The van der Waals surface area contributed by atoms with Crippen LogP contribution in [0.15, 0.2) is 29.4 Å². The smallest absolute Gasteiger partial charge is 0.170 e. The number of aliphatic hydroxyl groups is 3. The van der Waals surface area contributed by atoms with E-state index >= 15 is 0 Å². The van der Waals surface area contributed by atoms with E-state index in [1.807, 2.05) is 0 Å². The van der Waals surface area contributed by atoms with Gasteiger partial charge in [0.1, 0.15) is 0 Å². The number of nitrogens with zero attached hydrogens (tertiary/aromatic N) is 1. The molecular formula is C12H19N3O4. The Bertz CT molecular complexity index is 424. The molecule has 1 rings (SSSR count). The van der Waals surface area contributed by atoms with Gasteiger partial charge < -0.3 is 31.6 Å². The molecule has 106 valence electrons. The van der Waals surface area contributed by atoms with Crippen molar-refractivity contribution in [1.82, 2.24) is 5.32 Å². The van der Waals surface area contributed by atoms with Gasteiger partial charge in [-0.05, 0) is 11.6 Å². The van der Waals surface area contributed by atoms with Crippen LogP contribution in [-0.4, -0.2) is 51.7 Å². The number of nitrogens with two attached hydrogens (primary N) is 1. The van der Waals surface area contributed by atoms with E-state index in [4.69, 9.17) is 10.9 Å². The highest BCUT2D eigenvalue weighted by atomic mass is 16.4. The fourth-order valence-electron chi connectivity index (χ4n) is 1.51. The zero-order chi connectivity index (χ0) is 14.3. The summed E-state index contributed by atoms with van der Waals surface area (Å²) >= 11 is 0. The van der Waals surface area contributed by atoms with Crippen LogP contribution in [0.2, 0.25) is 0 Å². The molecule has 1 aromatic carbocycles. The quantitative estimate of drug-likeness (QED) is 0.156. The van der Waals surface area contributed by atoms with Crippen molar-refractivity contribution in [3.05, 3.63) is 35.4 Å². The first-order valence-corrected chi connectivity index (χ1v) is 5.75. The third-order valence-electron chi connectivity index (χ3n) is 2.91. The second kappa shape index (κ2) is 7.05. The maximum atomic E-state index is 9.18. The molecule has 0 aliphatic rings. The Balaban J connectivity index is 2.78. The Morgan fingerprint density at radius 2 is 1.84 bits per heavy atom. The second-order valence-corrected chi connectivity index (χ2v) is 4.29.